The maximum atomic E-state index is 12.5. The van der Waals surface area contributed by atoms with Crippen molar-refractivity contribution in [1.29, 1.82) is 0 Å². The molecule has 1 amide bonds. The molecular formula is C24H24N6O3. The van der Waals surface area contributed by atoms with Crippen LogP contribution in [-0.2, 0) is 4.79 Å². The minimum Gasteiger partial charge on any atom is -0.488 e. The maximum Gasteiger partial charge on any atom is 0.242 e. The van der Waals surface area contributed by atoms with Crippen molar-refractivity contribution in [2.45, 2.75) is 32.9 Å². The van der Waals surface area contributed by atoms with Crippen LogP contribution in [0.25, 0.3) is 22.2 Å². The number of benzene rings is 1. The minimum atomic E-state index is -0.329. The molecule has 1 unspecified atom stereocenters. The Morgan fingerprint density at radius 2 is 2.06 bits per heavy atom. The van der Waals surface area contributed by atoms with Gasteiger partial charge in [0.1, 0.15) is 30.0 Å². The summed E-state index contributed by atoms with van der Waals surface area (Å²) in [5, 5.41) is 7.07. The Morgan fingerprint density at radius 3 is 2.82 bits per heavy atom. The number of carbonyl (C=O) groups excluding carboxylic acids is 1. The van der Waals surface area contributed by atoms with Crippen molar-refractivity contribution >= 4 is 22.9 Å². The van der Waals surface area contributed by atoms with E-state index in [1.165, 1.54) is 0 Å². The summed E-state index contributed by atoms with van der Waals surface area (Å²) in [5.41, 5.74) is 5.27. The number of carbonyl (C=O) groups is 1. The maximum absolute atomic E-state index is 12.5. The Balaban J connectivity index is 1.63. The largest absolute Gasteiger partial charge is 0.488 e. The molecule has 0 radical (unpaired) electrons. The fraction of sp³-hybridized carbons (Fsp3) is 0.333. The fourth-order valence-corrected chi connectivity index (χ4v) is 4.94. The number of nitrogens with one attached hydrogen (secondary N) is 1. The molecule has 2 atom stereocenters. The first kappa shape index (κ1) is 19.8. The number of imidazole rings is 1. The summed E-state index contributed by atoms with van der Waals surface area (Å²) in [5.74, 6) is 2.25. The molecule has 2 aliphatic heterocycles. The molecule has 0 aliphatic carbocycles. The molecule has 9 heteroatoms. The van der Waals surface area contributed by atoms with Gasteiger partial charge in [-0.25, -0.2) is 4.98 Å². The van der Waals surface area contributed by atoms with Crippen molar-refractivity contribution in [2.24, 2.45) is 0 Å². The monoisotopic (exact) mass is 444 g/mol. The summed E-state index contributed by atoms with van der Waals surface area (Å²) in [4.78, 5) is 24.1. The van der Waals surface area contributed by atoms with Gasteiger partial charge >= 0.3 is 0 Å². The Morgan fingerprint density at radius 1 is 1.18 bits per heavy atom. The van der Waals surface area contributed by atoms with Gasteiger partial charge in [-0.3, -0.25) is 14.3 Å². The van der Waals surface area contributed by atoms with Crippen LogP contribution in [0.15, 0.2) is 41.1 Å². The van der Waals surface area contributed by atoms with Crippen molar-refractivity contribution in [3.8, 4) is 16.9 Å². The molecule has 9 nitrogen and oxygen atoms in total. The Labute approximate surface area is 190 Å². The lowest BCUT2D eigenvalue weighted by molar-refractivity contribution is -0.122. The van der Waals surface area contributed by atoms with Crippen molar-refractivity contribution in [1.82, 2.24) is 25.0 Å². The van der Waals surface area contributed by atoms with Crippen LogP contribution in [0.2, 0.25) is 0 Å². The molecule has 33 heavy (non-hydrogen) atoms. The molecule has 3 aromatic heterocycles. The zero-order valence-electron chi connectivity index (χ0n) is 18.7. The quantitative estimate of drug-likeness (QED) is 0.519. The highest BCUT2D eigenvalue weighted by Crippen LogP contribution is 2.46. The van der Waals surface area contributed by atoms with E-state index in [0.29, 0.717) is 19.7 Å². The van der Waals surface area contributed by atoms with Crippen LogP contribution < -0.4 is 15.0 Å². The first-order chi connectivity index (χ1) is 16.0. The summed E-state index contributed by atoms with van der Waals surface area (Å²) in [7, 11) is 0. The lowest BCUT2D eigenvalue weighted by Gasteiger charge is -2.36. The van der Waals surface area contributed by atoms with Gasteiger partial charge in [-0.15, -0.1) is 0 Å². The number of aromatic nitrogens is 4. The van der Waals surface area contributed by atoms with Crippen LogP contribution in [0.1, 0.15) is 30.1 Å². The van der Waals surface area contributed by atoms with Crippen molar-refractivity contribution in [3.63, 3.8) is 0 Å². The van der Waals surface area contributed by atoms with Gasteiger partial charge in [0.05, 0.1) is 22.5 Å². The number of ether oxygens (including phenoxy) is 1. The Kier molecular flexibility index (Phi) is 4.39. The molecule has 6 rings (SSSR count). The zero-order valence-corrected chi connectivity index (χ0v) is 18.7. The van der Waals surface area contributed by atoms with E-state index >= 15 is 0 Å². The molecule has 1 saturated heterocycles. The number of hydrogen-bond donors (Lipinski definition) is 1. The van der Waals surface area contributed by atoms with Crippen molar-refractivity contribution in [3.05, 3.63) is 53.7 Å². The third kappa shape index (κ3) is 2.92. The van der Waals surface area contributed by atoms with Crippen LogP contribution in [0, 0.1) is 13.8 Å². The molecule has 1 aromatic carbocycles. The Hall–Kier alpha value is -3.88. The van der Waals surface area contributed by atoms with Crippen molar-refractivity contribution in [2.75, 3.05) is 24.6 Å². The average molecular weight is 444 g/mol. The first-order valence-electron chi connectivity index (χ1n) is 11.1. The smallest absolute Gasteiger partial charge is 0.242 e. The van der Waals surface area contributed by atoms with E-state index in [0.717, 1.165) is 51.0 Å². The number of hydrogen-bond acceptors (Lipinski definition) is 7. The van der Waals surface area contributed by atoms with Crippen LogP contribution in [-0.4, -0.2) is 51.3 Å². The van der Waals surface area contributed by atoms with Crippen molar-refractivity contribution < 1.29 is 14.1 Å². The molecular weight excluding hydrogens is 420 g/mol. The summed E-state index contributed by atoms with van der Waals surface area (Å²) in [6.07, 6.45) is 1.79. The van der Waals surface area contributed by atoms with Gasteiger partial charge < -0.3 is 19.5 Å². The van der Waals surface area contributed by atoms with E-state index in [9.17, 15) is 4.79 Å². The third-order valence-corrected chi connectivity index (χ3v) is 6.57. The van der Waals surface area contributed by atoms with Gasteiger partial charge in [-0.1, -0.05) is 11.2 Å². The molecule has 5 heterocycles. The Bertz CT molecular complexity index is 1360. The predicted octanol–water partition coefficient (Wildman–Crippen LogP) is 3.01. The number of amides is 1. The topological polar surface area (TPSA) is 98.3 Å². The van der Waals surface area contributed by atoms with Crippen LogP contribution >= 0.6 is 0 Å². The zero-order chi connectivity index (χ0) is 22.7. The number of aryl methyl sites for hydroxylation is 2. The second-order valence-electron chi connectivity index (χ2n) is 8.53. The van der Waals surface area contributed by atoms with Crippen LogP contribution in [0.3, 0.4) is 0 Å². The normalized spacial score (nSPS) is 20.1. The second-order valence-corrected chi connectivity index (χ2v) is 8.53. The van der Waals surface area contributed by atoms with E-state index in [-0.39, 0.29) is 18.0 Å². The molecule has 168 valence electrons. The summed E-state index contributed by atoms with van der Waals surface area (Å²) < 4.78 is 14.0. The number of piperazine rings is 1. The fourth-order valence-electron chi connectivity index (χ4n) is 4.94. The molecule has 0 spiro atoms. The number of anilines is 1. The van der Waals surface area contributed by atoms with E-state index in [1.807, 2.05) is 51.1 Å². The van der Waals surface area contributed by atoms with E-state index in [4.69, 9.17) is 14.2 Å². The second kappa shape index (κ2) is 7.33. The molecule has 2 aliphatic rings. The van der Waals surface area contributed by atoms with Gasteiger partial charge in [0.25, 0.3) is 0 Å². The minimum absolute atomic E-state index is 0.000754. The lowest BCUT2D eigenvalue weighted by atomic mass is 10.0. The highest BCUT2D eigenvalue weighted by Gasteiger charge is 2.36. The number of nitrogens with zero attached hydrogens (tertiary/aromatic N) is 5. The molecule has 0 bridgehead atoms. The molecule has 4 aromatic rings. The van der Waals surface area contributed by atoms with Gasteiger partial charge in [0.2, 0.25) is 11.9 Å². The van der Waals surface area contributed by atoms with E-state index in [1.54, 1.807) is 6.20 Å². The van der Waals surface area contributed by atoms with Gasteiger partial charge in [-0.2, -0.15) is 0 Å². The summed E-state index contributed by atoms with van der Waals surface area (Å²) >= 11 is 0. The molecule has 1 fully saturated rings. The lowest BCUT2D eigenvalue weighted by Crippen LogP contribution is -2.55. The summed E-state index contributed by atoms with van der Waals surface area (Å²) in [6.45, 7) is 7.40. The first-order valence-corrected chi connectivity index (χ1v) is 11.1. The van der Waals surface area contributed by atoms with E-state index in [2.05, 4.69) is 24.9 Å². The van der Waals surface area contributed by atoms with Gasteiger partial charge in [0.15, 0.2) is 5.75 Å². The number of pyridine rings is 1. The van der Waals surface area contributed by atoms with Crippen LogP contribution in [0.5, 0.6) is 5.75 Å². The van der Waals surface area contributed by atoms with Gasteiger partial charge in [0, 0.05) is 24.8 Å². The predicted molar refractivity (Wildman–Crippen MR) is 122 cm³/mol. The third-order valence-electron chi connectivity index (χ3n) is 6.57. The molecule has 0 saturated carbocycles. The molecule has 1 N–H and O–H groups in total. The van der Waals surface area contributed by atoms with Gasteiger partial charge in [-0.05, 0) is 45.0 Å². The highest BCUT2D eigenvalue weighted by atomic mass is 16.5. The van der Waals surface area contributed by atoms with Crippen LogP contribution in [0.4, 0.5) is 5.95 Å². The SMILES string of the molecule is Cc1noc(C)c1-c1ccc2nc(N3CCNC(=O)C3C)n3c2c1OC[C@@H]3c1ccccn1. The van der Waals surface area contributed by atoms with E-state index < -0.39 is 0 Å². The number of rotatable bonds is 3. The average Bonchev–Trinajstić information content (AvgIpc) is 3.38. The highest BCUT2D eigenvalue weighted by molar-refractivity contribution is 5.95. The summed E-state index contributed by atoms with van der Waals surface area (Å²) in [6, 6.07) is 9.39. The standard InChI is InChI=1S/C24H24N6O3/c1-13-20(15(3)33-28-13)16-7-8-18-21-22(16)32-12-19(17-6-4-5-9-25-17)30(21)24(27-18)29-11-10-26-23(31)14(29)2/h4-9,14,19H,10-12H2,1-3H3,(H,26,31)/t14?,19-/m1/s1.